The maximum Gasteiger partial charge on any atom is 0.0568 e. The van der Waals surface area contributed by atoms with Crippen molar-refractivity contribution in [3.63, 3.8) is 0 Å². The van der Waals surface area contributed by atoms with Gasteiger partial charge in [0.15, 0.2) is 0 Å². The van der Waals surface area contributed by atoms with Gasteiger partial charge in [-0.1, -0.05) is 6.07 Å². The van der Waals surface area contributed by atoms with Crippen LogP contribution in [-0.4, -0.2) is 32.4 Å². The van der Waals surface area contributed by atoms with Gasteiger partial charge in [0, 0.05) is 32.0 Å². The molecule has 3 nitrogen and oxygen atoms in total. The lowest BCUT2D eigenvalue weighted by Crippen LogP contribution is -2.13. The second kappa shape index (κ2) is 5.67. The van der Waals surface area contributed by atoms with Gasteiger partial charge in [0.2, 0.25) is 0 Å². The minimum absolute atomic E-state index is 0.233. The Kier molecular flexibility index (Phi) is 4.43. The molecule has 0 radical (unpaired) electrons. The van der Waals surface area contributed by atoms with Gasteiger partial charge in [0.25, 0.3) is 0 Å². The van der Waals surface area contributed by atoms with Crippen LogP contribution in [0.15, 0.2) is 24.4 Å². The van der Waals surface area contributed by atoms with Gasteiger partial charge in [-0.2, -0.15) is 0 Å². The largest absolute Gasteiger partial charge is 0.384 e. The summed E-state index contributed by atoms with van der Waals surface area (Å²) in [5.41, 5.74) is 1.02. The van der Waals surface area contributed by atoms with E-state index in [4.69, 9.17) is 9.47 Å². The number of rotatable bonds is 5. The van der Waals surface area contributed by atoms with Crippen LogP contribution in [0.1, 0.15) is 11.6 Å². The molecule has 0 aliphatic carbocycles. The molecule has 0 fully saturated rings. The van der Waals surface area contributed by atoms with E-state index in [1.807, 2.05) is 18.2 Å². The zero-order valence-corrected chi connectivity index (χ0v) is 8.06. The first-order valence-corrected chi connectivity index (χ1v) is 4.27. The van der Waals surface area contributed by atoms with E-state index in [2.05, 4.69) is 4.98 Å². The minimum Gasteiger partial charge on any atom is -0.384 e. The van der Waals surface area contributed by atoms with E-state index >= 15 is 0 Å². The fourth-order valence-electron chi connectivity index (χ4n) is 1.24. The van der Waals surface area contributed by atoms with Gasteiger partial charge in [0.05, 0.1) is 13.2 Å². The molecule has 0 aliphatic heterocycles. The van der Waals surface area contributed by atoms with E-state index in [0.29, 0.717) is 13.2 Å². The van der Waals surface area contributed by atoms with Crippen molar-refractivity contribution in [2.24, 2.45) is 0 Å². The minimum atomic E-state index is 0.233. The molecule has 0 N–H and O–H groups in total. The van der Waals surface area contributed by atoms with E-state index in [0.717, 1.165) is 5.69 Å². The van der Waals surface area contributed by atoms with Crippen molar-refractivity contribution in [2.75, 3.05) is 27.4 Å². The molecule has 0 saturated carbocycles. The molecule has 1 aromatic heterocycles. The molecule has 3 heteroatoms. The molecule has 0 spiro atoms. The molecule has 0 amide bonds. The van der Waals surface area contributed by atoms with Crippen LogP contribution in [0.2, 0.25) is 0 Å². The van der Waals surface area contributed by atoms with E-state index in [-0.39, 0.29) is 5.92 Å². The summed E-state index contributed by atoms with van der Waals surface area (Å²) in [7, 11) is 3.37. The van der Waals surface area contributed by atoms with Gasteiger partial charge in [-0.3, -0.25) is 4.98 Å². The highest BCUT2D eigenvalue weighted by molar-refractivity contribution is 5.09. The third-order valence-corrected chi connectivity index (χ3v) is 1.84. The standard InChI is InChI=1S/C10H15NO2/c1-12-7-9(8-13-2)10-5-3-4-6-11-10/h3-6,9H,7-8H2,1-2H3. The predicted molar refractivity (Wildman–Crippen MR) is 50.7 cm³/mol. The summed E-state index contributed by atoms with van der Waals surface area (Å²) < 4.78 is 10.2. The van der Waals surface area contributed by atoms with Crippen molar-refractivity contribution in [3.05, 3.63) is 30.1 Å². The fraction of sp³-hybridized carbons (Fsp3) is 0.500. The van der Waals surface area contributed by atoms with Crippen molar-refractivity contribution < 1.29 is 9.47 Å². The Hall–Kier alpha value is -0.930. The zero-order valence-electron chi connectivity index (χ0n) is 8.06. The molecule has 0 bridgehead atoms. The van der Waals surface area contributed by atoms with Crippen molar-refractivity contribution in [1.29, 1.82) is 0 Å². The highest BCUT2D eigenvalue weighted by Gasteiger charge is 2.11. The molecule has 13 heavy (non-hydrogen) atoms. The average molecular weight is 181 g/mol. The second-order valence-electron chi connectivity index (χ2n) is 2.86. The van der Waals surface area contributed by atoms with Crippen LogP contribution in [0.25, 0.3) is 0 Å². The summed E-state index contributed by atoms with van der Waals surface area (Å²) >= 11 is 0. The van der Waals surface area contributed by atoms with E-state index < -0.39 is 0 Å². The first-order valence-electron chi connectivity index (χ1n) is 4.27. The number of hydrogen-bond donors (Lipinski definition) is 0. The summed E-state index contributed by atoms with van der Waals surface area (Å²) in [6.45, 7) is 1.29. The molecule has 72 valence electrons. The Morgan fingerprint density at radius 1 is 1.23 bits per heavy atom. The van der Waals surface area contributed by atoms with Gasteiger partial charge < -0.3 is 9.47 Å². The first-order chi connectivity index (χ1) is 6.38. The number of methoxy groups -OCH3 is 2. The van der Waals surface area contributed by atoms with E-state index in [9.17, 15) is 0 Å². The first kappa shape index (κ1) is 10.2. The lowest BCUT2D eigenvalue weighted by Gasteiger charge is -2.13. The van der Waals surface area contributed by atoms with Gasteiger partial charge in [-0.25, -0.2) is 0 Å². The van der Waals surface area contributed by atoms with Crippen LogP contribution < -0.4 is 0 Å². The molecule has 0 aromatic carbocycles. The maximum absolute atomic E-state index is 5.09. The highest BCUT2D eigenvalue weighted by atomic mass is 16.5. The summed E-state index contributed by atoms with van der Waals surface area (Å²) in [5.74, 6) is 0.233. The molecular weight excluding hydrogens is 166 g/mol. The molecule has 0 unspecified atom stereocenters. The zero-order chi connectivity index (χ0) is 9.52. The third-order valence-electron chi connectivity index (χ3n) is 1.84. The molecular formula is C10H15NO2. The monoisotopic (exact) mass is 181 g/mol. The Morgan fingerprint density at radius 2 is 1.92 bits per heavy atom. The quantitative estimate of drug-likeness (QED) is 0.689. The maximum atomic E-state index is 5.09. The van der Waals surface area contributed by atoms with E-state index in [1.165, 1.54) is 0 Å². The Balaban J connectivity index is 2.64. The molecule has 0 atom stereocenters. The van der Waals surface area contributed by atoms with Crippen LogP contribution in [-0.2, 0) is 9.47 Å². The number of aromatic nitrogens is 1. The smallest absolute Gasteiger partial charge is 0.0568 e. The van der Waals surface area contributed by atoms with Crippen LogP contribution in [0.3, 0.4) is 0 Å². The molecule has 1 aromatic rings. The van der Waals surface area contributed by atoms with Gasteiger partial charge in [-0.05, 0) is 12.1 Å². The summed E-state index contributed by atoms with van der Waals surface area (Å²) in [6, 6.07) is 5.86. The molecule has 0 aliphatic rings. The second-order valence-corrected chi connectivity index (χ2v) is 2.86. The van der Waals surface area contributed by atoms with Crippen molar-refractivity contribution in [2.45, 2.75) is 5.92 Å². The lowest BCUT2D eigenvalue weighted by atomic mass is 10.1. The third kappa shape index (κ3) is 3.13. The summed E-state index contributed by atoms with van der Waals surface area (Å²) in [6.07, 6.45) is 1.79. The average Bonchev–Trinajstić information content (AvgIpc) is 2.19. The lowest BCUT2D eigenvalue weighted by molar-refractivity contribution is 0.115. The van der Waals surface area contributed by atoms with Gasteiger partial charge >= 0.3 is 0 Å². The SMILES string of the molecule is COCC(COC)c1ccccn1. The fourth-order valence-corrected chi connectivity index (χ4v) is 1.24. The summed E-state index contributed by atoms with van der Waals surface area (Å²) in [4.78, 5) is 4.26. The normalized spacial score (nSPS) is 10.7. The van der Waals surface area contributed by atoms with Crippen LogP contribution in [0.4, 0.5) is 0 Å². The van der Waals surface area contributed by atoms with Crippen LogP contribution in [0, 0.1) is 0 Å². The Labute approximate surface area is 78.7 Å². The predicted octanol–water partition coefficient (Wildman–Crippen LogP) is 1.46. The van der Waals surface area contributed by atoms with E-state index in [1.54, 1.807) is 20.4 Å². The van der Waals surface area contributed by atoms with Crippen molar-refractivity contribution >= 4 is 0 Å². The number of pyridine rings is 1. The number of nitrogens with zero attached hydrogens (tertiary/aromatic N) is 1. The summed E-state index contributed by atoms with van der Waals surface area (Å²) in [5, 5.41) is 0. The van der Waals surface area contributed by atoms with Crippen molar-refractivity contribution in [3.8, 4) is 0 Å². The molecule has 1 heterocycles. The molecule has 0 saturated heterocycles. The van der Waals surface area contributed by atoms with Crippen molar-refractivity contribution in [1.82, 2.24) is 4.98 Å². The topological polar surface area (TPSA) is 31.4 Å². The Morgan fingerprint density at radius 3 is 2.38 bits per heavy atom. The van der Waals surface area contributed by atoms with Crippen LogP contribution in [0.5, 0.6) is 0 Å². The highest BCUT2D eigenvalue weighted by Crippen LogP contribution is 2.12. The number of ether oxygens (including phenoxy) is 2. The Bertz CT molecular complexity index is 220. The number of hydrogen-bond acceptors (Lipinski definition) is 3. The van der Waals surface area contributed by atoms with Crippen LogP contribution >= 0.6 is 0 Å². The van der Waals surface area contributed by atoms with Gasteiger partial charge in [0.1, 0.15) is 0 Å². The molecule has 1 rings (SSSR count). The van der Waals surface area contributed by atoms with Gasteiger partial charge in [-0.15, -0.1) is 0 Å².